The molecule has 5 heavy (non-hydrogen) atoms. The third-order valence-electron chi connectivity index (χ3n) is 0. The van der Waals surface area contributed by atoms with Gasteiger partial charge in [0.05, 0.1) is 0 Å². The van der Waals surface area contributed by atoms with Crippen molar-refractivity contribution in [3.8, 4) is 0 Å². The molecule has 0 nitrogen and oxygen atoms in total. The molecule has 0 atom stereocenters. The molecule has 0 bridgehead atoms. The molecule has 0 aliphatic rings. The van der Waals surface area contributed by atoms with E-state index in [2.05, 4.69) is 37.5 Å². The quantitative estimate of drug-likeness (QED) is 0.164. The summed E-state index contributed by atoms with van der Waals surface area (Å²) in [6.07, 6.45) is 0. The summed E-state index contributed by atoms with van der Waals surface area (Å²) in [5.74, 6) is 0. The van der Waals surface area contributed by atoms with E-state index in [9.17, 15) is 0 Å². The SMILES string of the molecule is S=C([S-])S.[Li+]. The van der Waals surface area contributed by atoms with Crippen LogP contribution in [0.4, 0.5) is 0 Å². The molecule has 0 heterocycles. The standard InChI is InChI=1S/CH2S3.Li/c2-1(3)4;/h(H2,2,3,4);/q;+1/p-1. The molecule has 0 fully saturated rings. The maximum atomic E-state index is 4.22. The first kappa shape index (κ1) is 9.54. The largest absolute Gasteiger partial charge is 1.00 e. The van der Waals surface area contributed by atoms with Crippen molar-refractivity contribution in [2.75, 3.05) is 0 Å². The van der Waals surface area contributed by atoms with E-state index in [-0.39, 0.29) is 22.4 Å². The van der Waals surface area contributed by atoms with Crippen molar-refractivity contribution in [3.05, 3.63) is 0 Å². The van der Waals surface area contributed by atoms with Crippen LogP contribution in [0.25, 0.3) is 0 Å². The summed E-state index contributed by atoms with van der Waals surface area (Å²) < 4.78 is 0.278. The van der Waals surface area contributed by atoms with E-state index in [0.29, 0.717) is 0 Å². The summed E-state index contributed by atoms with van der Waals surface area (Å²) in [4.78, 5) is 0. The minimum atomic E-state index is 0. The van der Waals surface area contributed by atoms with Gasteiger partial charge >= 0.3 is 18.9 Å². The number of thiol groups is 1. The van der Waals surface area contributed by atoms with Crippen molar-refractivity contribution < 1.29 is 18.9 Å². The van der Waals surface area contributed by atoms with Crippen LogP contribution >= 0.6 is 24.8 Å². The summed E-state index contributed by atoms with van der Waals surface area (Å²) in [5, 5.41) is 0. The van der Waals surface area contributed by atoms with E-state index in [1.807, 2.05) is 0 Å². The maximum Gasteiger partial charge on any atom is 1.00 e. The van der Waals surface area contributed by atoms with Gasteiger partial charge in [-0.15, -0.1) is 0 Å². The van der Waals surface area contributed by atoms with Gasteiger partial charge in [0, 0.05) is 0 Å². The average molecular weight is 116 g/mol. The summed E-state index contributed by atoms with van der Waals surface area (Å²) in [7, 11) is 0. The Morgan fingerprint density at radius 1 is 1.80 bits per heavy atom. The van der Waals surface area contributed by atoms with E-state index < -0.39 is 0 Å². The molecular weight excluding hydrogens is 115 g/mol. The third-order valence-corrected chi connectivity index (χ3v) is 0. The van der Waals surface area contributed by atoms with Crippen molar-refractivity contribution in [3.63, 3.8) is 0 Å². The van der Waals surface area contributed by atoms with Gasteiger partial charge in [-0.3, -0.25) is 0 Å². The Balaban J connectivity index is 0. The second-order valence-corrected chi connectivity index (χ2v) is 2.39. The van der Waals surface area contributed by atoms with Gasteiger partial charge in [-0.2, -0.15) is 12.6 Å². The zero-order valence-corrected chi connectivity index (χ0v) is 5.29. The first-order valence-electron chi connectivity index (χ1n) is 0.632. The van der Waals surface area contributed by atoms with Gasteiger partial charge in [0.1, 0.15) is 0 Å². The Labute approximate surface area is 59.7 Å². The molecule has 0 amide bonds. The predicted molar refractivity (Wildman–Crippen MR) is 28.9 cm³/mol. The molecule has 0 saturated carbocycles. The molecule has 0 rings (SSSR count). The summed E-state index contributed by atoms with van der Waals surface area (Å²) in [6.45, 7) is 0. The topological polar surface area (TPSA) is 0 Å². The first-order chi connectivity index (χ1) is 1.73. The van der Waals surface area contributed by atoms with Crippen molar-refractivity contribution in [1.82, 2.24) is 0 Å². The first-order valence-corrected chi connectivity index (χ1v) is 1.90. The van der Waals surface area contributed by atoms with E-state index in [1.165, 1.54) is 0 Å². The number of thiocarbonyl (C=S) groups is 1. The number of rotatable bonds is 0. The van der Waals surface area contributed by atoms with Crippen molar-refractivity contribution >= 4 is 41.0 Å². The van der Waals surface area contributed by atoms with Gasteiger partial charge in [-0.1, -0.05) is 3.53 Å². The number of hydrogen-bond acceptors (Lipinski definition) is 2. The molecule has 0 saturated heterocycles. The molecule has 0 unspecified atom stereocenters. The zero-order chi connectivity index (χ0) is 3.58. The van der Waals surface area contributed by atoms with Crippen molar-refractivity contribution in [2.24, 2.45) is 0 Å². The van der Waals surface area contributed by atoms with Crippen molar-refractivity contribution in [2.45, 2.75) is 0 Å². The molecular formula is CHLiS3. The van der Waals surface area contributed by atoms with Crippen LogP contribution in [0.5, 0.6) is 0 Å². The van der Waals surface area contributed by atoms with E-state index in [4.69, 9.17) is 0 Å². The normalized spacial score (nSPS) is 5.00. The minimum Gasteiger partial charge on any atom is -0.422 e. The molecule has 4 heteroatoms. The Hall–Kier alpha value is 1.26. The Bertz CT molecular complexity index is 29.9. The molecule has 0 aromatic rings. The van der Waals surface area contributed by atoms with Gasteiger partial charge < -0.3 is 24.8 Å². The zero-order valence-electron chi connectivity index (χ0n) is 2.76. The van der Waals surface area contributed by atoms with Crippen LogP contribution in [0.3, 0.4) is 0 Å². The van der Waals surface area contributed by atoms with Crippen LogP contribution in [-0.2, 0) is 12.6 Å². The molecule has 0 radical (unpaired) electrons. The van der Waals surface area contributed by atoms with Crippen LogP contribution in [0.15, 0.2) is 0 Å². The monoisotopic (exact) mass is 116 g/mol. The van der Waals surface area contributed by atoms with Crippen LogP contribution in [-0.4, -0.2) is 3.53 Å². The number of hydrogen-bond donors (Lipinski definition) is 1. The summed E-state index contributed by atoms with van der Waals surface area (Å²) in [6, 6.07) is 0. The van der Waals surface area contributed by atoms with Crippen LogP contribution in [0.2, 0.25) is 0 Å². The van der Waals surface area contributed by atoms with Gasteiger partial charge in [-0.05, 0) is 0 Å². The van der Waals surface area contributed by atoms with E-state index in [1.54, 1.807) is 0 Å². The second kappa shape index (κ2) is 5.26. The Morgan fingerprint density at radius 3 is 1.80 bits per heavy atom. The van der Waals surface area contributed by atoms with Crippen LogP contribution < -0.4 is 18.9 Å². The average Bonchev–Trinajstić information content (AvgIpc) is 0.811. The smallest absolute Gasteiger partial charge is 0.422 e. The van der Waals surface area contributed by atoms with Gasteiger partial charge in [0.25, 0.3) is 0 Å². The maximum absolute atomic E-state index is 4.22. The summed E-state index contributed by atoms with van der Waals surface area (Å²) >= 11 is 11.9. The van der Waals surface area contributed by atoms with Crippen LogP contribution in [0, 0.1) is 0 Å². The van der Waals surface area contributed by atoms with Gasteiger partial charge in [0.2, 0.25) is 0 Å². The molecule has 0 aliphatic carbocycles. The van der Waals surface area contributed by atoms with Crippen LogP contribution in [0.1, 0.15) is 0 Å². The predicted octanol–water partition coefficient (Wildman–Crippen LogP) is -2.25. The summed E-state index contributed by atoms with van der Waals surface area (Å²) in [5.41, 5.74) is 0. The van der Waals surface area contributed by atoms with Gasteiger partial charge in [0.15, 0.2) is 0 Å². The third kappa shape index (κ3) is 35.3. The second-order valence-electron chi connectivity index (χ2n) is 0.266. The molecule has 0 aliphatic heterocycles. The van der Waals surface area contributed by atoms with Gasteiger partial charge in [-0.25, -0.2) is 0 Å². The molecule has 0 aromatic carbocycles. The van der Waals surface area contributed by atoms with Crippen molar-refractivity contribution in [1.29, 1.82) is 0 Å². The Morgan fingerprint density at radius 2 is 1.80 bits per heavy atom. The fraction of sp³-hybridized carbons (Fsp3) is 0. The molecule has 0 aromatic heterocycles. The fourth-order valence-electron chi connectivity index (χ4n) is 0. The molecule has 24 valence electrons. The molecule has 0 N–H and O–H groups in total. The van der Waals surface area contributed by atoms with E-state index >= 15 is 0 Å². The Kier molecular flexibility index (Phi) is 10.0. The molecule has 0 spiro atoms. The minimum absolute atomic E-state index is 0. The fourth-order valence-corrected chi connectivity index (χ4v) is 0. The van der Waals surface area contributed by atoms with E-state index in [0.717, 1.165) is 0 Å².